The number of carbonyl (C=O) groups is 1. The van der Waals surface area contributed by atoms with E-state index in [0.29, 0.717) is 25.3 Å². The summed E-state index contributed by atoms with van der Waals surface area (Å²) in [6.45, 7) is 1.95. The molecule has 0 spiro atoms. The summed E-state index contributed by atoms with van der Waals surface area (Å²) in [5.74, 6) is -0.317. The molecule has 1 aromatic rings. The maximum atomic E-state index is 12.9. The van der Waals surface area contributed by atoms with E-state index in [1.54, 1.807) is 12.3 Å². The van der Waals surface area contributed by atoms with Crippen molar-refractivity contribution in [1.82, 2.24) is 5.32 Å². The third kappa shape index (κ3) is 4.57. The van der Waals surface area contributed by atoms with Gasteiger partial charge in [-0.3, -0.25) is 4.79 Å². The number of benzene rings is 1. The van der Waals surface area contributed by atoms with Gasteiger partial charge in [-0.2, -0.15) is 0 Å². The predicted molar refractivity (Wildman–Crippen MR) is 75.8 cm³/mol. The van der Waals surface area contributed by atoms with Crippen LogP contribution in [-0.2, 0) is 9.53 Å². The third-order valence-electron chi connectivity index (χ3n) is 3.02. The van der Waals surface area contributed by atoms with Gasteiger partial charge in [0.1, 0.15) is 5.82 Å². The summed E-state index contributed by atoms with van der Waals surface area (Å²) < 4.78 is 18.1. The van der Waals surface area contributed by atoms with Crippen LogP contribution < -0.4 is 10.6 Å². The second kappa shape index (κ2) is 7.53. The summed E-state index contributed by atoms with van der Waals surface area (Å²) in [6.07, 6.45) is 3.98. The van der Waals surface area contributed by atoms with E-state index >= 15 is 0 Å². The Kier molecular flexibility index (Phi) is 5.41. The van der Waals surface area contributed by atoms with Crippen molar-refractivity contribution in [2.75, 3.05) is 25.0 Å². The SMILES string of the molecule is O=C(NCCCNc1cccc(F)c1)C1=COCCC1. The summed E-state index contributed by atoms with van der Waals surface area (Å²) in [5, 5.41) is 5.96. The smallest absolute Gasteiger partial charge is 0.250 e. The van der Waals surface area contributed by atoms with E-state index in [2.05, 4.69) is 10.6 Å². The molecule has 20 heavy (non-hydrogen) atoms. The molecule has 0 saturated carbocycles. The first-order valence-corrected chi connectivity index (χ1v) is 6.84. The molecule has 1 aromatic carbocycles. The lowest BCUT2D eigenvalue weighted by Gasteiger charge is -2.13. The largest absolute Gasteiger partial charge is 0.501 e. The van der Waals surface area contributed by atoms with Crippen molar-refractivity contribution >= 4 is 11.6 Å². The number of hydrogen-bond acceptors (Lipinski definition) is 3. The summed E-state index contributed by atoms with van der Waals surface area (Å²) in [4.78, 5) is 11.7. The number of rotatable bonds is 6. The van der Waals surface area contributed by atoms with Crippen LogP contribution in [0.15, 0.2) is 36.1 Å². The fourth-order valence-corrected chi connectivity index (χ4v) is 1.97. The van der Waals surface area contributed by atoms with Crippen LogP contribution in [0.25, 0.3) is 0 Å². The van der Waals surface area contributed by atoms with E-state index in [9.17, 15) is 9.18 Å². The van der Waals surface area contributed by atoms with Gasteiger partial charge < -0.3 is 15.4 Å². The first kappa shape index (κ1) is 14.4. The molecule has 1 amide bonds. The van der Waals surface area contributed by atoms with Crippen LogP contribution in [0, 0.1) is 5.82 Å². The van der Waals surface area contributed by atoms with Crippen LogP contribution in [0.1, 0.15) is 19.3 Å². The highest BCUT2D eigenvalue weighted by molar-refractivity contribution is 5.93. The molecule has 2 N–H and O–H groups in total. The molecule has 1 heterocycles. The minimum atomic E-state index is -0.257. The van der Waals surface area contributed by atoms with Crippen molar-refractivity contribution in [3.05, 3.63) is 41.9 Å². The molecular weight excluding hydrogens is 259 g/mol. The molecule has 5 heteroatoms. The summed E-state index contributed by atoms with van der Waals surface area (Å²) in [5.41, 5.74) is 1.45. The highest BCUT2D eigenvalue weighted by Gasteiger charge is 2.12. The Bertz CT molecular complexity index is 489. The maximum absolute atomic E-state index is 12.9. The molecule has 0 radical (unpaired) electrons. The van der Waals surface area contributed by atoms with Gasteiger partial charge in [-0.05, 0) is 37.5 Å². The molecule has 0 atom stereocenters. The molecule has 0 aliphatic carbocycles. The van der Waals surface area contributed by atoms with E-state index in [1.807, 2.05) is 6.07 Å². The zero-order chi connectivity index (χ0) is 14.2. The molecule has 4 nitrogen and oxygen atoms in total. The standard InChI is InChI=1S/C15H19FN2O2/c16-13-5-1-6-14(10-13)17-7-3-8-18-15(19)12-4-2-9-20-11-12/h1,5-6,10-11,17H,2-4,7-9H2,(H,18,19). The number of halogens is 1. The molecule has 1 aliphatic rings. The minimum Gasteiger partial charge on any atom is -0.501 e. The van der Waals surface area contributed by atoms with Crippen molar-refractivity contribution in [3.8, 4) is 0 Å². The van der Waals surface area contributed by atoms with Gasteiger partial charge in [-0.25, -0.2) is 4.39 Å². The lowest BCUT2D eigenvalue weighted by atomic mass is 10.1. The third-order valence-corrected chi connectivity index (χ3v) is 3.02. The fraction of sp³-hybridized carbons (Fsp3) is 0.400. The summed E-state index contributed by atoms with van der Waals surface area (Å²) in [7, 11) is 0. The van der Waals surface area contributed by atoms with Gasteiger partial charge in [0.25, 0.3) is 0 Å². The van der Waals surface area contributed by atoms with Gasteiger partial charge >= 0.3 is 0 Å². The molecule has 0 saturated heterocycles. The molecule has 1 aliphatic heterocycles. The van der Waals surface area contributed by atoms with Crippen molar-refractivity contribution in [1.29, 1.82) is 0 Å². The second-order valence-corrected chi connectivity index (χ2v) is 4.66. The van der Waals surface area contributed by atoms with Gasteiger partial charge in [-0.1, -0.05) is 6.07 Å². The van der Waals surface area contributed by atoms with Gasteiger partial charge in [0.2, 0.25) is 5.91 Å². The monoisotopic (exact) mass is 278 g/mol. The Balaban J connectivity index is 1.62. The van der Waals surface area contributed by atoms with Gasteiger partial charge in [0, 0.05) is 18.8 Å². The highest BCUT2D eigenvalue weighted by atomic mass is 19.1. The highest BCUT2D eigenvalue weighted by Crippen LogP contribution is 2.11. The Morgan fingerprint density at radius 3 is 3.00 bits per heavy atom. The minimum absolute atomic E-state index is 0.0598. The van der Waals surface area contributed by atoms with Crippen LogP contribution >= 0.6 is 0 Å². The second-order valence-electron chi connectivity index (χ2n) is 4.66. The number of ether oxygens (including phenoxy) is 1. The van der Waals surface area contributed by atoms with E-state index in [1.165, 1.54) is 12.1 Å². The lowest BCUT2D eigenvalue weighted by molar-refractivity contribution is -0.118. The molecule has 0 aromatic heterocycles. The van der Waals surface area contributed by atoms with Crippen LogP contribution in [0.3, 0.4) is 0 Å². The van der Waals surface area contributed by atoms with Crippen LogP contribution in [0.4, 0.5) is 10.1 Å². The van der Waals surface area contributed by atoms with Gasteiger partial charge in [0.15, 0.2) is 0 Å². The van der Waals surface area contributed by atoms with E-state index in [0.717, 1.165) is 24.9 Å². The van der Waals surface area contributed by atoms with Crippen LogP contribution in [0.5, 0.6) is 0 Å². The van der Waals surface area contributed by atoms with Crippen molar-refractivity contribution < 1.29 is 13.9 Å². The predicted octanol–water partition coefficient (Wildman–Crippen LogP) is 2.44. The number of carbonyl (C=O) groups excluding carboxylic acids is 1. The fourth-order valence-electron chi connectivity index (χ4n) is 1.97. The van der Waals surface area contributed by atoms with Gasteiger partial charge in [0.05, 0.1) is 18.4 Å². The number of hydrogen-bond donors (Lipinski definition) is 2. The van der Waals surface area contributed by atoms with E-state index in [-0.39, 0.29) is 11.7 Å². The molecular formula is C15H19FN2O2. The zero-order valence-electron chi connectivity index (χ0n) is 11.3. The Morgan fingerprint density at radius 2 is 2.25 bits per heavy atom. The molecule has 0 fully saturated rings. The number of anilines is 1. The first-order valence-electron chi connectivity index (χ1n) is 6.84. The van der Waals surface area contributed by atoms with E-state index in [4.69, 9.17) is 4.74 Å². The quantitative estimate of drug-likeness (QED) is 0.786. The summed E-state index contributed by atoms with van der Waals surface area (Å²) in [6, 6.07) is 6.33. The first-order chi connectivity index (χ1) is 9.75. The normalized spacial score (nSPS) is 14.2. The number of amides is 1. The van der Waals surface area contributed by atoms with Crippen molar-refractivity contribution in [3.63, 3.8) is 0 Å². The Labute approximate surface area is 118 Å². The molecule has 108 valence electrons. The average molecular weight is 278 g/mol. The van der Waals surface area contributed by atoms with E-state index < -0.39 is 0 Å². The average Bonchev–Trinajstić information content (AvgIpc) is 2.48. The Hall–Kier alpha value is -2.04. The Morgan fingerprint density at radius 1 is 1.35 bits per heavy atom. The molecule has 0 unspecified atom stereocenters. The van der Waals surface area contributed by atoms with Crippen molar-refractivity contribution in [2.45, 2.75) is 19.3 Å². The maximum Gasteiger partial charge on any atom is 0.250 e. The van der Waals surface area contributed by atoms with Gasteiger partial charge in [-0.15, -0.1) is 0 Å². The van der Waals surface area contributed by atoms with Crippen LogP contribution in [-0.4, -0.2) is 25.6 Å². The summed E-state index contributed by atoms with van der Waals surface area (Å²) >= 11 is 0. The molecule has 0 bridgehead atoms. The molecule has 2 rings (SSSR count). The number of nitrogens with one attached hydrogen (secondary N) is 2. The van der Waals surface area contributed by atoms with Crippen LogP contribution in [0.2, 0.25) is 0 Å². The zero-order valence-corrected chi connectivity index (χ0v) is 11.3. The lowest BCUT2D eigenvalue weighted by Crippen LogP contribution is -2.28. The topological polar surface area (TPSA) is 50.4 Å². The van der Waals surface area contributed by atoms with Crippen molar-refractivity contribution in [2.24, 2.45) is 0 Å².